The Bertz CT molecular complexity index is 893. The van der Waals surface area contributed by atoms with E-state index in [0.717, 1.165) is 25.7 Å². The molecule has 10 heteroatoms. The van der Waals surface area contributed by atoms with Crippen molar-refractivity contribution in [2.24, 2.45) is 0 Å². The molecule has 4 N–H and O–H groups in total. The zero-order valence-corrected chi connectivity index (χ0v) is 22.8. The van der Waals surface area contributed by atoms with Crippen molar-refractivity contribution in [3.8, 4) is 11.5 Å². The van der Waals surface area contributed by atoms with Gasteiger partial charge >= 0.3 is 0 Å². The summed E-state index contributed by atoms with van der Waals surface area (Å²) in [6, 6.07) is 2.75. The molecule has 1 aliphatic carbocycles. The SMILES string of the molecule is CCCCCCN(C(C)=O)[C@@H]1CC(C(=O)NCCO)=C[C@H](Oc2c(I)cc(CO)cc2OC)[C@H]1O. The predicted octanol–water partition coefficient (Wildman–Crippen LogP) is 2.14. The molecule has 1 aromatic rings. The summed E-state index contributed by atoms with van der Waals surface area (Å²) in [6.07, 6.45) is 3.61. The maximum Gasteiger partial charge on any atom is 0.247 e. The van der Waals surface area contributed by atoms with Crippen molar-refractivity contribution >= 4 is 34.4 Å². The largest absolute Gasteiger partial charge is 0.493 e. The Hall–Kier alpha value is -1.89. The smallest absolute Gasteiger partial charge is 0.247 e. The number of methoxy groups -OCH3 is 1. The molecule has 0 aromatic heterocycles. The van der Waals surface area contributed by atoms with Crippen LogP contribution in [0.3, 0.4) is 0 Å². The maximum absolute atomic E-state index is 12.8. The van der Waals surface area contributed by atoms with E-state index in [9.17, 15) is 19.8 Å². The molecule has 0 saturated heterocycles. The highest BCUT2D eigenvalue weighted by Crippen LogP contribution is 2.37. The van der Waals surface area contributed by atoms with Crippen LogP contribution in [0.15, 0.2) is 23.8 Å². The standard InChI is InChI=1S/C25H37IN2O7/c1-4-5-6-7-9-28(16(2)31)20-13-18(25(33)27-8-10-29)14-21(23(20)32)35-24-19(26)11-17(15-30)12-22(24)34-3/h11-12,14,20-21,23,29-30,32H,4-10,13,15H2,1-3H3,(H,27,33)/t20-,21+,23+/m1/s1. The number of amides is 2. The zero-order valence-electron chi connectivity index (χ0n) is 20.6. The summed E-state index contributed by atoms with van der Waals surface area (Å²) < 4.78 is 12.3. The highest BCUT2D eigenvalue weighted by Gasteiger charge is 2.40. The van der Waals surface area contributed by atoms with Crippen LogP contribution in [-0.4, -0.2) is 77.1 Å². The van der Waals surface area contributed by atoms with E-state index >= 15 is 0 Å². The molecule has 1 aliphatic rings. The van der Waals surface area contributed by atoms with E-state index in [-0.39, 0.29) is 38.0 Å². The van der Waals surface area contributed by atoms with E-state index in [1.54, 1.807) is 23.1 Å². The topological polar surface area (TPSA) is 129 Å². The Kier molecular flexibility index (Phi) is 12.3. The molecule has 35 heavy (non-hydrogen) atoms. The van der Waals surface area contributed by atoms with Gasteiger partial charge < -0.3 is 35.0 Å². The van der Waals surface area contributed by atoms with Crippen molar-refractivity contribution in [2.45, 2.75) is 70.8 Å². The van der Waals surface area contributed by atoms with Crippen molar-refractivity contribution in [3.05, 3.63) is 32.9 Å². The first-order valence-electron chi connectivity index (χ1n) is 12.0. The second-order valence-corrected chi connectivity index (χ2v) is 9.72. The molecule has 0 fully saturated rings. The summed E-state index contributed by atoms with van der Waals surface area (Å²) >= 11 is 2.06. The van der Waals surface area contributed by atoms with Gasteiger partial charge in [-0.15, -0.1) is 0 Å². The van der Waals surface area contributed by atoms with Crippen molar-refractivity contribution in [2.75, 3.05) is 26.8 Å². The molecule has 0 aliphatic heterocycles. The minimum absolute atomic E-state index is 0.0939. The third kappa shape index (κ3) is 8.06. The number of halogens is 1. The average molecular weight is 604 g/mol. The lowest BCUT2D eigenvalue weighted by atomic mass is 9.88. The molecule has 0 heterocycles. The quantitative estimate of drug-likeness (QED) is 0.201. The van der Waals surface area contributed by atoms with Gasteiger partial charge in [0, 0.05) is 32.0 Å². The molecule has 9 nitrogen and oxygen atoms in total. The number of carbonyl (C=O) groups excluding carboxylic acids is 2. The molecular weight excluding hydrogens is 567 g/mol. The van der Waals surface area contributed by atoms with Gasteiger partial charge in [-0.05, 0) is 52.8 Å². The average Bonchev–Trinajstić information content (AvgIpc) is 2.84. The van der Waals surface area contributed by atoms with Crippen molar-refractivity contribution in [1.82, 2.24) is 10.2 Å². The van der Waals surface area contributed by atoms with Crippen molar-refractivity contribution in [3.63, 3.8) is 0 Å². The summed E-state index contributed by atoms with van der Waals surface area (Å²) in [5.74, 6) is 0.203. The van der Waals surface area contributed by atoms with Crippen LogP contribution in [0.25, 0.3) is 0 Å². The summed E-state index contributed by atoms with van der Waals surface area (Å²) in [4.78, 5) is 27.0. The second-order valence-electron chi connectivity index (χ2n) is 8.56. The van der Waals surface area contributed by atoms with Crippen molar-refractivity contribution in [1.29, 1.82) is 0 Å². The van der Waals surface area contributed by atoms with Crippen LogP contribution < -0.4 is 14.8 Å². The summed E-state index contributed by atoms with van der Waals surface area (Å²) in [5, 5.41) is 32.6. The van der Waals surface area contributed by atoms with E-state index in [4.69, 9.17) is 14.6 Å². The number of hydrogen-bond acceptors (Lipinski definition) is 7. The Morgan fingerprint density at radius 2 is 1.97 bits per heavy atom. The molecule has 0 saturated carbocycles. The van der Waals surface area contributed by atoms with Gasteiger partial charge in [0.2, 0.25) is 11.8 Å². The fourth-order valence-corrected chi connectivity index (χ4v) is 4.95. The maximum atomic E-state index is 12.8. The number of nitrogens with zero attached hydrogens (tertiary/aromatic N) is 1. The minimum atomic E-state index is -1.09. The predicted molar refractivity (Wildman–Crippen MR) is 140 cm³/mol. The first kappa shape index (κ1) is 29.3. The third-order valence-corrected chi connectivity index (χ3v) is 6.80. The monoisotopic (exact) mass is 604 g/mol. The normalized spacial score (nSPS) is 19.6. The summed E-state index contributed by atoms with van der Waals surface area (Å²) in [7, 11) is 1.48. The lowest BCUT2D eigenvalue weighted by Crippen LogP contribution is -2.55. The van der Waals surface area contributed by atoms with Crippen molar-refractivity contribution < 1.29 is 34.4 Å². The molecular formula is C25H37IN2O7. The van der Waals surface area contributed by atoms with E-state index in [0.29, 0.717) is 32.8 Å². The summed E-state index contributed by atoms with van der Waals surface area (Å²) in [6.45, 7) is 3.78. The van der Waals surface area contributed by atoms with Gasteiger partial charge in [-0.2, -0.15) is 0 Å². The minimum Gasteiger partial charge on any atom is -0.493 e. The van der Waals surface area contributed by atoms with E-state index in [2.05, 4.69) is 34.8 Å². The number of unbranched alkanes of at least 4 members (excludes halogenated alkanes) is 3. The molecule has 1 aromatic carbocycles. The van der Waals surface area contributed by atoms with E-state index in [1.165, 1.54) is 14.0 Å². The number of rotatable bonds is 13. The molecule has 2 rings (SSSR count). The second kappa shape index (κ2) is 14.6. The van der Waals surface area contributed by atoms with Crippen LogP contribution in [0.4, 0.5) is 0 Å². The fourth-order valence-electron chi connectivity index (χ4n) is 4.16. The van der Waals surface area contributed by atoms with Crippen LogP contribution in [0.2, 0.25) is 0 Å². The third-order valence-electron chi connectivity index (χ3n) is 6.00. The highest BCUT2D eigenvalue weighted by atomic mass is 127. The molecule has 0 unspecified atom stereocenters. The first-order valence-corrected chi connectivity index (χ1v) is 13.0. The molecule has 0 bridgehead atoms. The molecule has 3 atom stereocenters. The number of hydrogen-bond donors (Lipinski definition) is 4. The first-order chi connectivity index (χ1) is 16.8. The van der Waals surface area contributed by atoms with E-state index < -0.39 is 18.2 Å². The molecule has 0 spiro atoms. The fraction of sp³-hybridized carbons (Fsp3) is 0.600. The Morgan fingerprint density at radius 1 is 1.23 bits per heavy atom. The number of benzene rings is 1. The van der Waals surface area contributed by atoms with Gasteiger partial charge in [0.15, 0.2) is 11.5 Å². The van der Waals surface area contributed by atoms with Gasteiger partial charge in [-0.25, -0.2) is 0 Å². The molecule has 196 valence electrons. The zero-order chi connectivity index (χ0) is 26.0. The van der Waals surface area contributed by atoms with Crippen LogP contribution >= 0.6 is 22.6 Å². The van der Waals surface area contributed by atoms with Crippen LogP contribution in [-0.2, 0) is 16.2 Å². The van der Waals surface area contributed by atoms with Gasteiger partial charge in [0.25, 0.3) is 0 Å². The van der Waals surface area contributed by atoms with Gasteiger partial charge in [0.1, 0.15) is 12.2 Å². The van der Waals surface area contributed by atoms with Gasteiger partial charge in [-0.3, -0.25) is 9.59 Å². The van der Waals surface area contributed by atoms with Crippen LogP contribution in [0, 0.1) is 3.57 Å². The lowest BCUT2D eigenvalue weighted by Gasteiger charge is -2.40. The summed E-state index contributed by atoms with van der Waals surface area (Å²) in [5.41, 5.74) is 1.02. The number of ether oxygens (including phenoxy) is 2. The number of carbonyl (C=O) groups is 2. The highest BCUT2D eigenvalue weighted by molar-refractivity contribution is 14.1. The van der Waals surface area contributed by atoms with Crippen LogP contribution in [0.1, 0.15) is 51.5 Å². The van der Waals surface area contributed by atoms with E-state index in [1.807, 2.05) is 0 Å². The molecule has 0 radical (unpaired) electrons. The number of aliphatic hydroxyl groups is 3. The van der Waals surface area contributed by atoms with Crippen LogP contribution in [0.5, 0.6) is 11.5 Å². The van der Waals surface area contributed by atoms with Gasteiger partial charge in [-0.1, -0.05) is 26.2 Å². The lowest BCUT2D eigenvalue weighted by molar-refractivity contribution is -0.136. The Labute approximate surface area is 220 Å². The Morgan fingerprint density at radius 3 is 2.57 bits per heavy atom. The Balaban J connectivity index is 2.40. The number of aliphatic hydroxyl groups excluding tert-OH is 3. The molecule has 2 amide bonds. The van der Waals surface area contributed by atoms with Gasteiger partial charge in [0.05, 0.1) is 29.9 Å². The number of nitrogens with one attached hydrogen (secondary N) is 1.